The van der Waals surface area contributed by atoms with Crippen molar-refractivity contribution in [3.8, 4) is 0 Å². The molecule has 7 nitrogen and oxygen atoms in total. The number of hydrogen-bond donors (Lipinski definition) is 1. The third kappa shape index (κ3) is 11.8. The molecule has 0 saturated carbocycles. The first-order valence-electron chi connectivity index (χ1n) is 12.4. The molecule has 0 aromatic heterocycles. The summed E-state index contributed by atoms with van der Waals surface area (Å²) in [5.41, 5.74) is -0.643. The number of amides is 3. The van der Waals surface area contributed by atoms with Gasteiger partial charge in [-0.2, -0.15) is 0 Å². The Kier molecular flexibility index (Phi) is 14.5. The van der Waals surface area contributed by atoms with E-state index in [9.17, 15) is 14.4 Å². The van der Waals surface area contributed by atoms with Crippen LogP contribution in [0.4, 0.5) is 0 Å². The van der Waals surface area contributed by atoms with Crippen molar-refractivity contribution in [2.24, 2.45) is 5.41 Å². The highest BCUT2D eigenvalue weighted by molar-refractivity contribution is 5.84. The van der Waals surface area contributed by atoms with Gasteiger partial charge in [0.15, 0.2) is 0 Å². The van der Waals surface area contributed by atoms with Crippen LogP contribution in [0.3, 0.4) is 0 Å². The summed E-state index contributed by atoms with van der Waals surface area (Å²) in [4.78, 5) is 40.6. The minimum atomic E-state index is -0.390. The second-order valence-electron chi connectivity index (χ2n) is 10.00. The maximum Gasteiger partial charge on any atom is 0.241 e. The third-order valence-electron chi connectivity index (χ3n) is 5.59. The van der Waals surface area contributed by atoms with E-state index in [-0.39, 0.29) is 29.7 Å². The number of unbranched alkanes of at least 4 members (excludes halogenated alkanes) is 2. The number of carbonyl (C=O) groups is 3. The Morgan fingerprint density at radius 3 is 1.94 bits per heavy atom. The molecular weight excluding hydrogens is 406 g/mol. The molecule has 0 aliphatic heterocycles. The largest absolute Gasteiger partial charge is 0.378 e. The zero-order chi connectivity index (χ0) is 24.8. The molecular formula is C25H49N3O4. The molecule has 0 unspecified atom stereocenters. The highest BCUT2D eigenvalue weighted by Gasteiger charge is 2.31. The topological polar surface area (TPSA) is 79.0 Å². The predicted molar refractivity (Wildman–Crippen MR) is 130 cm³/mol. The van der Waals surface area contributed by atoms with Crippen LogP contribution < -0.4 is 5.32 Å². The minimum Gasteiger partial charge on any atom is -0.378 e. The van der Waals surface area contributed by atoms with Crippen molar-refractivity contribution in [3.63, 3.8) is 0 Å². The van der Waals surface area contributed by atoms with Gasteiger partial charge < -0.3 is 19.9 Å². The third-order valence-corrected chi connectivity index (χ3v) is 5.59. The summed E-state index contributed by atoms with van der Waals surface area (Å²) >= 11 is 0. The van der Waals surface area contributed by atoms with Crippen LogP contribution in [-0.4, -0.2) is 72.5 Å². The molecule has 7 heteroatoms. The van der Waals surface area contributed by atoms with Crippen molar-refractivity contribution in [2.45, 2.75) is 99.5 Å². The van der Waals surface area contributed by atoms with Gasteiger partial charge in [0.25, 0.3) is 0 Å². The van der Waals surface area contributed by atoms with Crippen LogP contribution in [0.25, 0.3) is 0 Å². The Balaban J connectivity index is 4.71. The SMILES string of the molecule is CCCCC(=O)NCC(=O)N(CC)CC(C)(C)COCC(C)(C)N(CC)C(=O)CCCC. The number of ether oxygens (including phenoxy) is 1. The van der Waals surface area contributed by atoms with E-state index in [2.05, 4.69) is 26.1 Å². The van der Waals surface area contributed by atoms with Crippen molar-refractivity contribution in [3.05, 3.63) is 0 Å². The molecule has 0 atom stereocenters. The van der Waals surface area contributed by atoms with E-state index in [1.165, 1.54) is 0 Å². The summed E-state index contributed by atoms with van der Waals surface area (Å²) in [7, 11) is 0. The molecule has 0 aliphatic carbocycles. The van der Waals surface area contributed by atoms with Crippen LogP contribution >= 0.6 is 0 Å². The van der Waals surface area contributed by atoms with Gasteiger partial charge in [-0.05, 0) is 40.5 Å². The number of nitrogens with zero attached hydrogens (tertiary/aromatic N) is 2. The summed E-state index contributed by atoms with van der Waals surface area (Å²) < 4.78 is 6.07. The molecule has 0 radical (unpaired) electrons. The van der Waals surface area contributed by atoms with Crippen LogP contribution in [0, 0.1) is 5.41 Å². The van der Waals surface area contributed by atoms with Gasteiger partial charge in [0.05, 0.1) is 25.3 Å². The molecule has 0 fully saturated rings. The van der Waals surface area contributed by atoms with Crippen molar-refractivity contribution >= 4 is 17.7 Å². The summed E-state index contributed by atoms with van der Waals surface area (Å²) in [5.74, 6) is 0.0189. The molecule has 0 saturated heterocycles. The Hall–Kier alpha value is -1.63. The van der Waals surface area contributed by atoms with Crippen LogP contribution in [0.2, 0.25) is 0 Å². The highest BCUT2D eigenvalue weighted by atomic mass is 16.5. The zero-order valence-corrected chi connectivity index (χ0v) is 22.0. The minimum absolute atomic E-state index is 0.0334. The monoisotopic (exact) mass is 455 g/mol. The quantitative estimate of drug-likeness (QED) is 0.359. The lowest BCUT2D eigenvalue weighted by molar-refractivity contribution is -0.140. The lowest BCUT2D eigenvalue weighted by Crippen LogP contribution is -2.51. The fourth-order valence-corrected chi connectivity index (χ4v) is 3.71. The number of rotatable bonds is 17. The maximum absolute atomic E-state index is 12.6. The molecule has 0 aliphatic rings. The van der Waals surface area contributed by atoms with E-state index in [1.54, 1.807) is 4.90 Å². The zero-order valence-electron chi connectivity index (χ0n) is 22.0. The van der Waals surface area contributed by atoms with Crippen LogP contribution in [0.5, 0.6) is 0 Å². The van der Waals surface area contributed by atoms with Crippen molar-refractivity contribution in [1.29, 1.82) is 0 Å². The fraction of sp³-hybridized carbons (Fsp3) is 0.880. The smallest absolute Gasteiger partial charge is 0.241 e. The maximum atomic E-state index is 12.6. The molecule has 0 heterocycles. The first-order valence-corrected chi connectivity index (χ1v) is 12.4. The second-order valence-corrected chi connectivity index (χ2v) is 10.00. The Morgan fingerprint density at radius 1 is 0.812 bits per heavy atom. The van der Waals surface area contributed by atoms with Crippen molar-refractivity contribution in [2.75, 3.05) is 39.4 Å². The van der Waals surface area contributed by atoms with Gasteiger partial charge in [0, 0.05) is 37.9 Å². The summed E-state index contributed by atoms with van der Waals surface area (Å²) in [5, 5.41) is 2.73. The molecule has 0 aromatic rings. The Morgan fingerprint density at radius 2 is 1.41 bits per heavy atom. The molecule has 0 aromatic carbocycles. The lowest BCUT2D eigenvalue weighted by atomic mass is 9.93. The van der Waals surface area contributed by atoms with Crippen molar-refractivity contribution in [1.82, 2.24) is 15.1 Å². The number of hydrogen-bond acceptors (Lipinski definition) is 4. The van der Waals surface area contributed by atoms with E-state index >= 15 is 0 Å². The first kappa shape index (κ1) is 30.4. The first-order chi connectivity index (χ1) is 14.9. The molecule has 0 rings (SSSR count). The number of carbonyl (C=O) groups excluding carboxylic acids is 3. The van der Waals surface area contributed by atoms with Gasteiger partial charge in [0.2, 0.25) is 17.7 Å². The van der Waals surface area contributed by atoms with E-state index in [1.807, 2.05) is 39.5 Å². The van der Waals surface area contributed by atoms with Gasteiger partial charge in [-0.1, -0.05) is 40.5 Å². The average Bonchev–Trinajstić information content (AvgIpc) is 2.72. The summed E-state index contributed by atoms with van der Waals surface area (Å²) in [6, 6.07) is 0. The summed E-state index contributed by atoms with van der Waals surface area (Å²) in [6.07, 6.45) is 4.72. The van der Waals surface area contributed by atoms with Crippen LogP contribution in [-0.2, 0) is 19.1 Å². The number of likely N-dealkylation sites (N-methyl/N-ethyl adjacent to an activating group) is 2. The van der Waals surface area contributed by atoms with E-state index < -0.39 is 5.54 Å². The van der Waals surface area contributed by atoms with Crippen molar-refractivity contribution < 1.29 is 19.1 Å². The van der Waals surface area contributed by atoms with Gasteiger partial charge in [-0.15, -0.1) is 0 Å². The number of nitrogens with one attached hydrogen (secondary N) is 1. The summed E-state index contributed by atoms with van der Waals surface area (Å²) in [6.45, 7) is 19.0. The van der Waals surface area contributed by atoms with Crippen LogP contribution in [0.15, 0.2) is 0 Å². The molecule has 0 spiro atoms. The standard InChI is InChI=1S/C25H49N3O4/c1-9-13-15-21(29)26-17-23(31)27(11-3)18-24(5,6)19-32-20-25(7,8)28(12-4)22(30)16-14-10-2/h9-20H2,1-8H3,(H,26,29). The second kappa shape index (κ2) is 15.3. The molecule has 0 bridgehead atoms. The van der Waals surface area contributed by atoms with E-state index in [0.717, 1.165) is 25.7 Å². The van der Waals surface area contributed by atoms with Crippen LogP contribution in [0.1, 0.15) is 93.9 Å². The predicted octanol–water partition coefficient (Wildman–Crippen LogP) is 4.00. The van der Waals surface area contributed by atoms with E-state index in [0.29, 0.717) is 45.7 Å². The van der Waals surface area contributed by atoms with E-state index in [4.69, 9.17) is 4.74 Å². The molecule has 188 valence electrons. The van der Waals surface area contributed by atoms with Gasteiger partial charge in [-0.25, -0.2) is 0 Å². The van der Waals surface area contributed by atoms with Gasteiger partial charge in [0.1, 0.15) is 0 Å². The molecule has 1 N–H and O–H groups in total. The average molecular weight is 456 g/mol. The fourth-order valence-electron chi connectivity index (χ4n) is 3.71. The Bertz CT molecular complexity index is 576. The molecule has 3 amide bonds. The normalized spacial score (nSPS) is 11.9. The van der Waals surface area contributed by atoms with Gasteiger partial charge in [-0.3, -0.25) is 14.4 Å². The Labute approximate surface area is 196 Å². The van der Waals surface area contributed by atoms with Gasteiger partial charge >= 0.3 is 0 Å². The molecule has 32 heavy (non-hydrogen) atoms. The lowest BCUT2D eigenvalue weighted by Gasteiger charge is -2.39. The highest BCUT2D eigenvalue weighted by Crippen LogP contribution is 2.21.